The van der Waals surface area contributed by atoms with Crippen LogP contribution in [0.3, 0.4) is 0 Å². The number of carbonyl (C=O) groups excluding carboxylic acids is 1. The van der Waals surface area contributed by atoms with Crippen molar-refractivity contribution in [3.8, 4) is 0 Å². The number of hydrogen-bond donors (Lipinski definition) is 2. The molecule has 0 saturated heterocycles. The zero-order valence-electron chi connectivity index (χ0n) is 13.6. The number of furan rings is 1. The second-order valence-corrected chi connectivity index (χ2v) is 8.49. The number of rotatable bonds is 5. The first kappa shape index (κ1) is 16.5. The van der Waals surface area contributed by atoms with Crippen molar-refractivity contribution in [3.05, 3.63) is 17.4 Å². The highest BCUT2D eigenvalue weighted by molar-refractivity contribution is 7.89. The van der Waals surface area contributed by atoms with Gasteiger partial charge in [-0.05, 0) is 51.5 Å². The maximum absolute atomic E-state index is 12.5. The summed E-state index contributed by atoms with van der Waals surface area (Å²) in [5.41, 5.74) is 0.298. The van der Waals surface area contributed by atoms with E-state index in [9.17, 15) is 13.2 Å². The Bertz CT molecular complexity index is 691. The van der Waals surface area contributed by atoms with E-state index in [1.807, 2.05) is 0 Å². The molecule has 3 rings (SSSR count). The predicted octanol–water partition coefficient (Wildman–Crippen LogP) is 2.19. The van der Waals surface area contributed by atoms with Crippen molar-refractivity contribution in [2.45, 2.75) is 56.6 Å². The Balaban J connectivity index is 1.68. The van der Waals surface area contributed by atoms with Crippen molar-refractivity contribution in [2.75, 3.05) is 7.05 Å². The first-order valence-electron chi connectivity index (χ1n) is 8.25. The fraction of sp³-hybridized carbons (Fsp3) is 0.688. The van der Waals surface area contributed by atoms with Crippen LogP contribution < -0.4 is 10.0 Å². The number of sulfonamides is 1. The van der Waals surface area contributed by atoms with Crippen LogP contribution in [0.2, 0.25) is 0 Å². The van der Waals surface area contributed by atoms with Crippen LogP contribution in [0.1, 0.15) is 54.6 Å². The van der Waals surface area contributed by atoms with Gasteiger partial charge in [-0.15, -0.1) is 0 Å². The Hall–Kier alpha value is -1.34. The smallest absolute Gasteiger partial charge is 0.273 e. The van der Waals surface area contributed by atoms with Gasteiger partial charge in [-0.1, -0.05) is 12.8 Å². The molecule has 1 amide bonds. The van der Waals surface area contributed by atoms with Gasteiger partial charge in [-0.2, -0.15) is 0 Å². The van der Waals surface area contributed by atoms with E-state index in [4.69, 9.17) is 4.42 Å². The van der Waals surface area contributed by atoms with Gasteiger partial charge in [0.05, 0.1) is 5.56 Å². The zero-order chi connectivity index (χ0) is 16.6. The molecule has 2 saturated carbocycles. The third-order valence-electron chi connectivity index (χ3n) is 5.01. The minimum Gasteiger partial charge on any atom is -0.448 e. The normalized spacial score (nSPS) is 25.3. The Labute approximate surface area is 137 Å². The van der Waals surface area contributed by atoms with Gasteiger partial charge < -0.3 is 9.73 Å². The van der Waals surface area contributed by atoms with E-state index in [1.54, 1.807) is 6.92 Å². The minimum absolute atomic E-state index is 0.181. The minimum atomic E-state index is -3.67. The van der Waals surface area contributed by atoms with Gasteiger partial charge in [-0.3, -0.25) is 4.79 Å². The van der Waals surface area contributed by atoms with Gasteiger partial charge in [0, 0.05) is 12.1 Å². The Morgan fingerprint density at radius 3 is 2.61 bits per heavy atom. The van der Waals surface area contributed by atoms with Gasteiger partial charge in [-0.25, -0.2) is 13.1 Å². The van der Waals surface area contributed by atoms with E-state index >= 15 is 0 Å². The molecule has 0 spiro atoms. The average molecular weight is 340 g/mol. The topological polar surface area (TPSA) is 88.4 Å². The Morgan fingerprint density at radius 2 is 1.96 bits per heavy atom. The molecule has 6 nitrogen and oxygen atoms in total. The number of aryl methyl sites for hydroxylation is 1. The molecule has 0 unspecified atom stereocenters. The van der Waals surface area contributed by atoms with E-state index in [0.717, 1.165) is 31.1 Å². The second kappa shape index (κ2) is 6.28. The number of hydrogen-bond acceptors (Lipinski definition) is 4. The fourth-order valence-corrected chi connectivity index (χ4v) is 4.24. The molecule has 2 atom stereocenters. The van der Waals surface area contributed by atoms with E-state index in [1.165, 1.54) is 32.4 Å². The summed E-state index contributed by atoms with van der Waals surface area (Å²) in [7, 11) is -2.36. The lowest BCUT2D eigenvalue weighted by atomic mass is 9.82. The summed E-state index contributed by atoms with van der Waals surface area (Å²) in [4.78, 5) is 12.5. The van der Waals surface area contributed by atoms with Gasteiger partial charge >= 0.3 is 0 Å². The first-order valence-corrected chi connectivity index (χ1v) is 9.74. The summed E-state index contributed by atoms with van der Waals surface area (Å²) in [6, 6.07) is 1.48. The second-order valence-electron chi connectivity index (χ2n) is 6.68. The molecule has 0 bridgehead atoms. The molecule has 0 radical (unpaired) electrons. The van der Waals surface area contributed by atoms with Crippen molar-refractivity contribution in [3.63, 3.8) is 0 Å². The summed E-state index contributed by atoms with van der Waals surface area (Å²) in [6.07, 6.45) is 7.11. The molecule has 1 aromatic rings. The molecule has 1 heterocycles. The molecular weight excluding hydrogens is 316 g/mol. The summed E-state index contributed by atoms with van der Waals surface area (Å²) in [5, 5.41) is 2.84. The SMILES string of the molecule is CNS(=O)(=O)c1cc(C(=O)N[C@@H]2CCC[C@H](C3CC3)C2)c(C)o1. The first-order chi connectivity index (χ1) is 10.9. The third-order valence-corrected chi connectivity index (χ3v) is 6.28. The molecule has 7 heteroatoms. The van der Waals surface area contributed by atoms with Gasteiger partial charge in [0.15, 0.2) is 0 Å². The molecule has 0 aromatic carbocycles. The van der Waals surface area contributed by atoms with Crippen molar-refractivity contribution >= 4 is 15.9 Å². The predicted molar refractivity (Wildman–Crippen MR) is 85.6 cm³/mol. The highest BCUT2D eigenvalue weighted by Gasteiger charge is 2.35. The quantitative estimate of drug-likeness (QED) is 0.860. The molecule has 0 aliphatic heterocycles. The van der Waals surface area contributed by atoms with Crippen molar-refractivity contribution in [1.82, 2.24) is 10.0 Å². The Morgan fingerprint density at radius 1 is 1.22 bits per heavy atom. The van der Waals surface area contributed by atoms with Crippen LogP contribution in [0, 0.1) is 18.8 Å². The third kappa shape index (κ3) is 3.61. The molecule has 23 heavy (non-hydrogen) atoms. The van der Waals surface area contributed by atoms with Crippen molar-refractivity contribution < 1.29 is 17.6 Å². The van der Waals surface area contributed by atoms with E-state index in [2.05, 4.69) is 10.0 Å². The van der Waals surface area contributed by atoms with Crippen molar-refractivity contribution in [2.24, 2.45) is 11.8 Å². The highest BCUT2D eigenvalue weighted by atomic mass is 32.2. The summed E-state index contributed by atoms with van der Waals surface area (Å²) < 4.78 is 31.0. The van der Waals surface area contributed by atoms with Crippen LogP contribution in [-0.4, -0.2) is 27.4 Å². The molecule has 2 fully saturated rings. The molecule has 1 aromatic heterocycles. The van der Waals surface area contributed by atoms with Crippen LogP contribution >= 0.6 is 0 Å². The highest BCUT2D eigenvalue weighted by Crippen LogP contribution is 2.43. The molecular formula is C16H24N2O4S. The maximum atomic E-state index is 12.5. The summed E-state index contributed by atoms with van der Waals surface area (Å²) >= 11 is 0. The average Bonchev–Trinajstić information content (AvgIpc) is 3.29. The van der Waals surface area contributed by atoms with Crippen LogP contribution in [0.4, 0.5) is 0 Å². The van der Waals surface area contributed by atoms with Gasteiger partial charge in [0.1, 0.15) is 5.76 Å². The number of nitrogens with one attached hydrogen (secondary N) is 2. The largest absolute Gasteiger partial charge is 0.448 e. The van der Waals surface area contributed by atoms with Gasteiger partial charge in [0.25, 0.3) is 15.9 Å². The number of carbonyl (C=O) groups is 1. The molecule has 2 N–H and O–H groups in total. The molecule has 2 aliphatic rings. The zero-order valence-corrected chi connectivity index (χ0v) is 14.4. The van der Waals surface area contributed by atoms with Crippen LogP contribution in [-0.2, 0) is 10.0 Å². The van der Waals surface area contributed by atoms with E-state index in [-0.39, 0.29) is 17.0 Å². The molecule has 2 aliphatic carbocycles. The lowest BCUT2D eigenvalue weighted by Gasteiger charge is -2.29. The van der Waals surface area contributed by atoms with Gasteiger partial charge in [0.2, 0.25) is 5.09 Å². The van der Waals surface area contributed by atoms with E-state index in [0.29, 0.717) is 11.3 Å². The number of amides is 1. The standard InChI is InChI=1S/C16H24N2O4S/c1-10-14(9-15(22-10)23(20,21)17-2)16(19)18-13-5-3-4-12(8-13)11-6-7-11/h9,11-13,17H,3-8H2,1-2H3,(H,18,19)/t12-,13+/m0/s1. The Kier molecular flexibility index (Phi) is 4.51. The van der Waals surface area contributed by atoms with Crippen LogP contribution in [0.15, 0.2) is 15.6 Å². The lowest BCUT2D eigenvalue weighted by molar-refractivity contribution is 0.0915. The van der Waals surface area contributed by atoms with Crippen LogP contribution in [0.25, 0.3) is 0 Å². The summed E-state index contributed by atoms with van der Waals surface area (Å²) in [5.74, 6) is 1.67. The monoisotopic (exact) mass is 340 g/mol. The van der Waals surface area contributed by atoms with E-state index < -0.39 is 10.0 Å². The van der Waals surface area contributed by atoms with Crippen LogP contribution in [0.5, 0.6) is 0 Å². The fourth-order valence-electron chi connectivity index (χ4n) is 3.53. The summed E-state index contributed by atoms with van der Waals surface area (Å²) in [6.45, 7) is 1.61. The molecule has 128 valence electrons. The lowest BCUT2D eigenvalue weighted by Crippen LogP contribution is -2.38. The maximum Gasteiger partial charge on any atom is 0.273 e. The van der Waals surface area contributed by atoms with Crippen molar-refractivity contribution in [1.29, 1.82) is 0 Å².